The number of hydrogen-bond donors (Lipinski definition) is 2. The SMILES string of the molecule is CCOc1ccc([C@@H](CC(=O)O)NS(=O)(=O)c2ccc(C)cc2)cc1. The molecule has 0 saturated heterocycles. The van der Waals surface area contributed by atoms with Gasteiger partial charge in [0, 0.05) is 0 Å². The van der Waals surface area contributed by atoms with Gasteiger partial charge in [0.15, 0.2) is 0 Å². The molecule has 0 unspecified atom stereocenters. The minimum absolute atomic E-state index is 0.0967. The van der Waals surface area contributed by atoms with Crippen LogP contribution in [0.25, 0.3) is 0 Å². The number of sulfonamides is 1. The van der Waals surface area contributed by atoms with E-state index in [1.54, 1.807) is 36.4 Å². The van der Waals surface area contributed by atoms with E-state index < -0.39 is 22.0 Å². The first-order valence-electron chi connectivity index (χ1n) is 7.85. The summed E-state index contributed by atoms with van der Waals surface area (Å²) in [5, 5.41) is 9.13. The zero-order valence-electron chi connectivity index (χ0n) is 14.1. The monoisotopic (exact) mass is 363 g/mol. The number of rotatable bonds is 8. The zero-order chi connectivity index (χ0) is 18.4. The predicted molar refractivity (Wildman–Crippen MR) is 94.1 cm³/mol. The first-order valence-corrected chi connectivity index (χ1v) is 9.33. The maximum Gasteiger partial charge on any atom is 0.305 e. The van der Waals surface area contributed by atoms with E-state index in [4.69, 9.17) is 9.84 Å². The molecule has 0 saturated carbocycles. The van der Waals surface area contributed by atoms with Crippen molar-refractivity contribution in [1.82, 2.24) is 4.72 Å². The molecule has 0 aliphatic rings. The quantitative estimate of drug-likeness (QED) is 0.752. The highest BCUT2D eigenvalue weighted by molar-refractivity contribution is 7.89. The molecule has 2 rings (SSSR count). The van der Waals surface area contributed by atoms with Gasteiger partial charge < -0.3 is 9.84 Å². The first kappa shape index (κ1) is 19.0. The van der Waals surface area contributed by atoms with Crippen LogP contribution in [0.3, 0.4) is 0 Å². The second-order valence-electron chi connectivity index (χ2n) is 5.59. The Labute approximate surface area is 147 Å². The lowest BCUT2D eigenvalue weighted by Crippen LogP contribution is -2.30. The fraction of sp³-hybridized carbons (Fsp3) is 0.278. The number of carboxylic acids is 1. The van der Waals surface area contributed by atoms with Crippen molar-refractivity contribution in [2.75, 3.05) is 6.61 Å². The zero-order valence-corrected chi connectivity index (χ0v) is 14.9. The molecule has 0 aliphatic heterocycles. The Hall–Kier alpha value is -2.38. The number of benzene rings is 2. The van der Waals surface area contributed by atoms with Gasteiger partial charge in [0.1, 0.15) is 5.75 Å². The largest absolute Gasteiger partial charge is 0.494 e. The fourth-order valence-corrected chi connectivity index (χ4v) is 3.56. The molecule has 0 bridgehead atoms. The fourth-order valence-electron chi connectivity index (χ4n) is 2.34. The summed E-state index contributed by atoms with van der Waals surface area (Å²) >= 11 is 0. The van der Waals surface area contributed by atoms with Gasteiger partial charge in [-0.3, -0.25) is 4.79 Å². The van der Waals surface area contributed by atoms with Crippen molar-refractivity contribution in [1.29, 1.82) is 0 Å². The summed E-state index contributed by atoms with van der Waals surface area (Å²) in [5.74, 6) is -0.452. The summed E-state index contributed by atoms with van der Waals surface area (Å²) in [6.45, 7) is 4.23. The number of aryl methyl sites for hydroxylation is 1. The van der Waals surface area contributed by atoms with E-state index in [0.29, 0.717) is 17.9 Å². The van der Waals surface area contributed by atoms with Gasteiger partial charge >= 0.3 is 5.97 Å². The number of nitrogens with one attached hydrogen (secondary N) is 1. The van der Waals surface area contributed by atoms with Crippen molar-refractivity contribution < 1.29 is 23.1 Å². The van der Waals surface area contributed by atoms with E-state index in [2.05, 4.69) is 4.72 Å². The molecular formula is C18H21NO5S. The average Bonchev–Trinajstić information content (AvgIpc) is 2.55. The summed E-state index contributed by atoms with van der Waals surface area (Å²) in [5.41, 5.74) is 1.49. The molecule has 0 spiro atoms. The van der Waals surface area contributed by atoms with Crippen molar-refractivity contribution in [3.63, 3.8) is 0 Å². The standard InChI is InChI=1S/C18H21NO5S/c1-3-24-15-8-6-14(7-9-15)17(12-18(20)21)19-25(22,23)16-10-4-13(2)5-11-16/h4-11,17,19H,3,12H2,1-2H3,(H,20,21)/t17-/m1/s1. The molecule has 1 atom stereocenters. The summed E-state index contributed by atoms with van der Waals surface area (Å²) in [4.78, 5) is 11.3. The second-order valence-corrected chi connectivity index (χ2v) is 7.30. The first-order chi connectivity index (χ1) is 11.8. The molecule has 0 aromatic heterocycles. The Morgan fingerprint density at radius 3 is 2.24 bits per heavy atom. The molecule has 2 aromatic rings. The van der Waals surface area contributed by atoms with Crippen LogP contribution < -0.4 is 9.46 Å². The maximum atomic E-state index is 12.5. The number of hydrogen-bond acceptors (Lipinski definition) is 4. The average molecular weight is 363 g/mol. The predicted octanol–water partition coefficient (Wildman–Crippen LogP) is 2.89. The molecule has 0 fully saturated rings. The highest BCUT2D eigenvalue weighted by Crippen LogP contribution is 2.23. The van der Waals surface area contributed by atoms with E-state index in [1.165, 1.54) is 12.1 Å². The number of ether oxygens (including phenoxy) is 1. The number of carboxylic acid groups (broad SMARTS) is 1. The van der Waals surface area contributed by atoms with E-state index >= 15 is 0 Å². The molecule has 2 aromatic carbocycles. The van der Waals surface area contributed by atoms with Gasteiger partial charge in [-0.15, -0.1) is 0 Å². The maximum absolute atomic E-state index is 12.5. The van der Waals surface area contributed by atoms with Crippen LogP contribution in [0.15, 0.2) is 53.4 Å². The summed E-state index contributed by atoms with van der Waals surface area (Å²) in [7, 11) is -3.83. The van der Waals surface area contributed by atoms with Gasteiger partial charge in [0.2, 0.25) is 10.0 Å². The lowest BCUT2D eigenvalue weighted by Gasteiger charge is -2.18. The lowest BCUT2D eigenvalue weighted by atomic mass is 10.0. The van der Waals surface area contributed by atoms with Crippen molar-refractivity contribution in [3.05, 3.63) is 59.7 Å². The van der Waals surface area contributed by atoms with Crippen LogP contribution in [0.4, 0.5) is 0 Å². The van der Waals surface area contributed by atoms with Crippen LogP contribution in [0.5, 0.6) is 5.75 Å². The van der Waals surface area contributed by atoms with Crippen LogP contribution >= 0.6 is 0 Å². The van der Waals surface area contributed by atoms with Crippen molar-refractivity contribution in [2.45, 2.75) is 31.2 Å². The van der Waals surface area contributed by atoms with Gasteiger partial charge in [-0.05, 0) is 43.7 Å². The van der Waals surface area contributed by atoms with Crippen LogP contribution in [0, 0.1) is 6.92 Å². The minimum atomic E-state index is -3.83. The van der Waals surface area contributed by atoms with Crippen molar-refractivity contribution in [2.24, 2.45) is 0 Å². The third kappa shape index (κ3) is 5.30. The Kier molecular flexibility index (Phi) is 6.17. The Bertz CT molecular complexity index is 814. The smallest absolute Gasteiger partial charge is 0.305 e. The normalized spacial score (nSPS) is 12.6. The highest BCUT2D eigenvalue weighted by atomic mass is 32.2. The van der Waals surface area contributed by atoms with Crippen LogP contribution in [0.2, 0.25) is 0 Å². The Balaban J connectivity index is 2.27. The van der Waals surface area contributed by atoms with Gasteiger partial charge in [-0.25, -0.2) is 13.1 Å². The van der Waals surface area contributed by atoms with Gasteiger partial charge in [0.25, 0.3) is 0 Å². The van der Waals surface area contributed by atoms with Crippen LogP contribution in [0.1, 0.15) is 30.5 Å². The van der Waals surface area contributed by atoms with E-state index in [1.807, 2.05) is 13.8 Å². The Morgan fingerprint density at radius 2 is 1.72 bits per heavy atom. The molecule has 0 heterocycles. The molecule has 25 heavy (non-hydrogen) atoms. The number of aliphatic carboxylic acids is 1. The Morgan fingerprint density at radius 1 is 1.12 bits per heavy atom. The van der Waals surface area contributed by atoms with Crippen LogP contribution in [-0.4, -0.2) is 26.1 Å². The minimum Gasteiger partial charge on any atom is -0.494 e. The van der Waals surface area contributed by atoms with Gasteiger partial charge in [-0.1, -0.05) is 29.8 Å². The lowest BCUT2D eigenvalue weighted by molar-refractivity contribution is -0.137. The third-order valence-electron chi connectivity index (χ3n) is 3.60. The van der Waals surface area contributed by atoms with E-state index in [-0.39, 0.29) is 11.3 Å². The molecular weight excluding hydrogens is 342 g/mol. The summed E-state index contributed by atoms with van der Waals surface area (Å²) in [6.07, 6.45) is -0.362. The molecule has 6 nitrogen and oxygen atoms in total. The molecule has 0 amide bonds. The second kappa shape index (κ2) is 8.13. The third-order valence-corrected chi connectivity index (χ3v) is 5.09. The van der Waals surface area contributed by atoms with E-state index in [0.717, 1.165) is 5.56 Å². The van der Waals surface area contributed by atoms with Crippen LogP contribution in [-0.2, 0) is 14.8 Å². The molecule has 0 aliphatic carbocycles. The summed E-state index contributed by atoms with van der Waals surface area (Å²) in [6, 6.07) is 12.2. The van der Waals surface area contributed by atoms with Gasteiger partial charge in [0.05, 0.1) is 24.0 Å². The van der Waals surface area contributed by atoms with Crippen molar-refractivity contribution >= 4 is 16.0 Å². The summed E-state index contributed by atoms with van der Waals surface area (Å²) < 4.78 is 32.9. The topological polar surface area (TPSA) is 92.7 Å². The number of carbonyl (C=O) groups is 1. The van der Waals surface area contributed by atoms with Crippen molar-refractivity contribution in [3.8, 4) is 5.75 Å². The molecule has 2 N–H and O–H groups in total. The van der Waals surface area contributed by atoms with E-state index in [9.17, 15) is 13.2 Å². The highest BCUT2D eigenvalue weighted by Gasteiger charge is 2.23. The molecule has 134 valence electrons. The molecule has 7 heteroatoms. The molecule has 0 radical (unpaired) electrons. The van der Waals surface area contributed by atoms with Gasteiger partial charge in [-0.2, -0.15) is 0 Å².